The maximum absolute atomic E-state index is 5.81. The van der Waals surface area contributed by atoms with Gasteiger partial charge in [0, 0.05) is 25.2 Å². The number of benzene rings is 1. The number of fused-ring (bicyclic) bond motifs is 1. The van der Waals surface area contributed by atoms with E-state index in [1.165, 1.54) is 5.56 Å². The molecule has 0 saturated carbocycles. The lowest BCUT2D eigenvalue weighted by atomic mass is 10.0. The van der Waals surface area contributed by atoms with Crippen LogP contribution in [0.3, 0.4) is 0 Å². The zero-order valence-corrected chi connectivity index (χ0v) is 12.6. The third kappa shape index (κ3) is 3.32. The largest absolute Gasteiger partial charge is 0.493 e. The quantitative estimate of drug-likeness (QED) is 0.743. The Bertz CT molecular complexity index is 416. The summed E-state index contributed by atoms with van der Waals surface area (Å²) in [6.07, 6.45) is 0.691. The second-order valence-electron chi connectivity index (χ2n) is 4.75. The minimum absolute atomic E-state index is 0.00653. The monoisotopic (exact) mass is 279 g/mol. The molecule has 0 aromatic heterocycles. The molecule has 0 radical (unpaired) electrons. The van der Waals surface area contributed by atoms with E-state index in [0.29, 0.717) is 13.2 Å². The summed E-state index contributed by atoms with van der Waals surface area (Å²) in [6, 6.07) is 6.31. The van der Waals surface area contributed by atoms with Gasteiger partial charge >= 0.3 is 0 Å². The number of ether oxygens (including phenoxy) is 3. The van der Waals surface area contributed by atoms with E-state index in [2.05, 4.69) is 30.4 Å². The van der Waals surface area contributed by atoms with Crippen molar-refractivity contribution in [2.45, 2.75) is 39.5 Å². The van der Waals surface area contributed by atoms with Gasteiger partial charge in [-0.15, -0.1) is 0 Å². The Morgan fingerprint density at radius 1 is 1.20 bits per heavy atom. The first kappa shape index (κ1) is 15.3. The van der Waals surface area contributed by atoms with Crippen molar-refractivity contribution in [1.29, 1.82) is 0 Å². The normalized spacial score (nSPS) is 15.2. The van der Waals surface area contributed by atoms with Gasteiger partial charge in [0.05, 0.1) is 12.6 Å². The fraction of sp³-hybridized carbons (Fsp3) is 0.625. The maximum Gasteiger partial charge on any atom is 0.176 e. The number of hydrogen-bond donors (Lipinski definition) is 1. The van der Waals surface area contributed by atoms with Crippen molar-refractivity contribution in [3.05, 3.63) is 29.3 Å². The number of para-hydroxylation sites is 1. The molecule has 0 aliphatic carbocycles. The molecule has 1 aromatic carbocycles. The van der Waals surface area contributed by atoms with E-state index in [1.54, 1.807) is 0 Å². The molecule has 4 nitrogen and oxygen atoms in total. The fourth-order valence-corrected chi connectivity index (χ4v) is 2.63. The SMILES string of the molecule is CCNC(c1cccc2c1OCC2)C(OCC)OCC. The molecule has 1 aliphatic rings. The van der Waals surface area contributed by atoms with Gasteiger partial charge in [-0.3, -0.25) is 0 Å². The summed E-state index contributed by atoms with van der Waals surface area (Å²) in [7, 11) is 0. The summed E-state index contributed by atoms with van der Waals surface area (Å²) in [4.78, 5) is 0. The second kappa shape index (κ2) is 7.62. The Kier molecular flexibility index (Phi) is 5.83. The molecular formula is C16H25NO3. The van der Waals surface area contributed by atoms with Crippen molar-refractivity contribution in [2.75, 3.05) is 26.4 Å². The van der Waals surface area contributed by atoms with Crippen LogP contribution in [0.15, 0.2) is 18.2 Å². The molecule has 1 heterocycles. The van der Waals surface area contributed by atoms with Gasteiger partial charge in [0.15, 0.2) is 6.29 Å². The van der Waals surface area contributed by atoms with Crippen LogP contribution in [0.1, 0.15) is 37.9 Å². The molecule has 20 heavy (non-hydrogen) atoms. The summed E-state index contributed by atoms with van der Waals surface area (Å²) in [6.45, 7) is 8.93. The van der Waals surface area contributed by atoms with Gasteiger partial charge in [-0.25, -0.2) is 0 Å². The molecule has 1 aliphatic heterocycles. The lowest BCUT2D eigenvalue weighted by Gasteiger charge is -2.28. The van der Waals surface area contributed by atoms with Crippen LogP contribution < -0.4 is 10.1 Å². The number of hydrogen-bond acceptors (Lipinski definition) is 4. The van der Waals surface area contributed by atoms with Crippen molar-refractivity contribution in [2.24, 2.45) is 0 Å². The smallest absolute Gasteiger partial charge is 0.176 e. The van der Waals surface area contributed by atoms with Gasteiger partial charge in [0.1, 0.15) is 5.75 Å². The zero-order chi connectivity index (χ0) is 14.4. The molecule has 4 heteroatoms. The van der Waals surface area contributed by atoms with E-state index in [0.717, 1.165) is 30.9 Å². The molecular weight excluding hydrogens is 254 g/mol. The average Bonchev–Trinajstić information content (AvgIpc) is 2.93. The zero-order valence-electron chi connectivity index (χ0n) is 12.6. The Morgan fingerprint density at radius 3 is 2.60 bits per heavy atom. The van der Waals surface area contributed by atoms with Crippen molar-refractivity contribution < 1.29 is 14.2 Å². The highest BCUT2D eigenvalue weighted by molar-refractivity contribution is 5.45. The molecule has 1 aromatic rings. The minimum atomic E-state index is -0.291. The maximum atomic E-state index is 5.81. The summed E-state index contributed by atoms with van der Waals surface area (Å²) in [5, 5.41) is 3.47. The Morgan fingerprint density at radius 2 is 1.95 bits per heavy atom. The molecule has 0 spiro atoms. The highest BCUT2D eigenvalue weighted by atomic mass is 16.7. The van der Waals surface area contributed by atoms with Gasteiger partial charge in [0.25, 0.3) is 0 Å². The first-order valence-electron chi connectivity index (χ1n) is 7.52. The van der Waals surface area contributed by atoms with Crippen LogP contribution in [0, 0.1) is 0 Å². The molecule has 112 valence electrons. The number of rotatable bonds is 8. The summed E-state index contributed by atoms with van der Waals surface area (Å²) < 4.78 is 17.4. The topological polar surface area (TPSA) is 39.7 Å². The molecule has 0 saturated heterocycles. The van der Waals surface area contributed by atoms with Crippen molar-refractivity contribution >= 4 is 0 Å². The summed E-state index contributed by atoms with van der Waals surface area (Å²) in [5.41, 5.74) is 2.41. The number of nitrogens with one attached hydrogen (secondary N) is 1. The Balaban J connectivity index is 2.29. The number of likely N-dealkylation sites (N-methyl/N-ethyl adjacent to an activating group) is 1. The average molecular weight is 279 g/mol. The Labute approximate surface area is 121 Å². The Hall–Kier alpha value is -1.10. The van der Waals surface area contributed by atoms with Crippen molar-refractivity contribution in [3.63, 3.8) is 0 Å². The first-order chi connectivity index (χ1) is 9.81. The van der Waals surface area contributed by atoms with Crippen LogP contribution in [-0.4, -0.2) is 32.7 Å². The molecule has 0 fully saturated rings. The molecule has 0 amide bonds. The van der Waals surface area contributed by atoms with E-state index in [-0.39, 0.29) is 12.3 Å². The van der Waals surface area contributed by atoms with Crippen LogP contribution >= 0.6 is 0 Å². The minimum Gasteiger partial charge on any atom is -0.493 e. The van der Waals surface area contributed by atoms with Crippen LogP contribution in [0.5, 0.6) is 5.75 Å². The van der Waals surface area contributed by atoms with Crippen molar-refractivity contribution in [3.8, 4) is 5.75 Å². The van der Waals surface area contributed by atoms with Gasteiger partial charge in [-0.05, 0) is 26.0 Å². The molecule has 0 bridgehead atoms. The summed E-state index contributed by atoms with van der Waals surface area (Å²) >= 11 is 0. The van der Waals surface area contributed by atoms with Gasteiger partial charge in [-0.1, -0.05) is 25.1 Å². The van der Waals surface area contributed by atoms with Gasteiger partial charge in [-0.2, -0.15) is 0 Å². The van der Waals surface area contributed by atoms with E-state index >= 15 is 0 Å². The van der Waals surface area contributed by atoms with Crippen LogP contribution in [0.25, 0.3) is 0 Å². The standard InChI is InChI=1S/C16H25NO3/c1-4-17-14(16(18-5-2)19-6-3)13-9-7-8-12-10-11-20-15(12)13/h7-9,14,16-17H,4-6,10-11H2,1-3H3. The molecule has 1 unspecified atom stereocenters. The van der Waals surface area contributed by atoms with Crippen molar-refractivity contribution in [1.82, 2.24) is 5.32 Å². The third-order valence-electron chi connectivity index (χ3n) is 3.44. The lowest BCUT2D eigenvalue weighted by Crippen LogP contribution is -2.36. The van der Waals surface area contributed by atoms with Gasteiger partial charge < -0.3 is 19.5 Å². The highest BCUT2D eigenvalue weighted by Crippen LogP contribution is 2.35. The van der Waals surface area contributed by atoms with Crippen LogP contribution in [0.4, 0.5) is 0 Å². The van der Waals surface area contributed by atoms with E-state index in [9.17, 15) is 0 Å². The van der Waals surface area contributed by atoms with Gasteiger partial charge in [0.2, 0.25) is 0 Å². The molecule has 2 rings (SSSR count). The van der Waals surface area contributed by atoms with E-state index in [1.807, 2.05) is 13.8 Å². The van der Waals surface area contributed by atoms with E-state index < -0.39 is 0 Å². The molecule has 1 N–H and O–H groups in total. The molecule has 1 atom stereocenters. The lowest BCUT2D eigenvalue weighted by molar-refractivity contribution is -0.155. The summed E-state index contributed by atoms with van der Waals surface area (Å²) in [5.74, 6) is 1.00. The predicted octanol–water partition coefficient (Wildman–Crippen LogP) is 2.67. The third-order valence-corrected chi connectivity index (χ3v) is 3.44. The van der Waals surface area contributed by atoms with Crippen LogP contribution in [-0.2, 0) is 15.9 Å². The highest BCUT2D eigenvalue weighted by Gasteiger charge is 2.28. The van der Waals surface area contributed by atoms with E-state index in [4.69, 9.17) is 14.2 Å². The second-order valence-corrected chi connectivity index (χ2v) is 4.75. The first-order valence-corrected chi connectivity index (χ1v) is 7.52. The predicted molar refractivity (Wildman–Crippen MR) is 79.1 cm³/mol. The fourth-order valence-electron chi connectivity index (χ4n) is 2.63. The van der Waals surface area contributed by atoms with Crippen LogP contribution in [0.2, 0.25) is 0 Å².